The third kappa shape index (κ3) is 5.59. The minimum absolute atomic E-state index is 0.0450. The van der Waals surface area contributed by atoms with Gasteiger partial charge in [0.15, 0.2) is 0 Å². The molecule has 0 unspecified atom stereocenters. The summed E-state index contributed by atoms with van der Waals surface area (Å²) in [7, 11) is 0. The van der Waals surface area contributed by atoms with Crippen molar-refractivity contribution in [3.63, 3.8) is 0 Å². The van der Waals surface area contributed by atoms with Gasteiger partial charge >= 0.3 is 5.97 Å². The molecule has 0 radical (unpaired) electrons. The van der Waals surface area contributed by atoms with Gasteiger partial charge in [-0.05, 0) is 31.8 Å². The lowest BCUT2D eigenvalue weighted by Gasteiger charge is -2.26. The summed E-state index contributed by atoms with van der Waals surface area (Å²) >= 11 is 0. The fourth-order valence-corrected chi connectivity index (χ4v) is 2.37. The van der Waals surface area contributed by atoms with Crippen molar-refractivity contribution in [3.8, 4) is 0 Å². The van der Waals surface area contributed by atoms with Crippen LogP contribution in [0.3, 0.4) is 0 Å². The topological polar surface area (TPSA) is 69.6 Å². The van der Waals surface area contributed by atoms with Crippen LogP contribution >= 0.6 is 0 Å². The normalized spacial score (nSPS) is 19.7. The number of hydrogen-bond acceptors (Lipinski definition) is 3. The van der Waals surface area contributed by atoms with E-state index in [2.05, 4.69) is 10.2 Å². The molecule has 1 amide bonds. The van der Waals surface area contributed by atoms with Gasteiger partial charge in [-0.15, -0.1) is 0 Å². The van der Waals surface area contributed by atoms with Gasteiger partial charge in [0.25, 0.3) is 0 Å². The number of carboxylic acid groups (broad SMARTS) is 1. The van der Waals surface area contributed by atoms with E-state index in [4.69, 9.17) is 5.11 Å². The number of carbonyl (C=O) groups is 2. The summed E-state index contributed by atoms with van der Waals surface area (Å²) in [6, 6.07) is -0.765. The Labute approximate surface area is 115 Å². The maximum absolute atomic E-state index is 11.8. The highest BCUT2D eigenvalue weighted by Crippen LogP contribution is 2.10. The molecule has 1 aliphatic rings. The Morgan fingerprint density at radius 2 is 1.89 bits per heavy atom. The maximum Gasteiger partial charge on any atom is 0.326 e. The molecule has 1 rings (SSSR count). The third-order valence-corrected chi connectivity index (χ3v) is 3.90. The number of aliphatic carboxylic acids is 1. The predicted octanol–water partition coefficient (Wildman–Crippen LogP) is 1.48. The summed E-state index contributed by atoms with van der Waals surface area (Å²) in [6.07, 6.45) is 4.81. The van der Waals surface area contributed by atoms with Crippen molar-refractivity contribution in [2.75, 3.05) is 19.6 Å². The number of rotatable bonds is 7. The van der Waals surface area contributed by atoms with Crippen LogP contribution in [0.5, 0.6) is 0 Å². The number of likely N-dealkylation sites (tertiary alicyclic amines) is 1. The van der Waals surface area contributed by atoms with Crippen molar-refractivity contribution in [3.05, 3.63) is 0 Å². The monoisotopic (exact) mass is 270 g/mol. The Balaban J connectivity index is 2.33. The average Bonchev–Trinajstić information content (AvgIpc) is 2.42. The number of carboxylic acids is 1. The first kappa shape index (κ1) is 16.0. The van der Waals surface area contributed by atoms with Crippen molar-refractivity contribution in [2.45, 2.75) is 52.0 Å². The minimum atomic E-state index is -0.944. The number of piperidine rings is 1. The summed E-state index contributed by atoms with van der Waals surface area (Å²) in [6.45, 7) is 6.63. The second-order valence-corrected chi connectivity index (χ2v) is 5.42. The van der Waals surface area contributed by atoms with Crippen LogP contribution in [0.4, 0.5) is 0 Å². The van der Waals surface area contributed by atoms with E-state index in [1.807, 2.05) is 13.8 Å². The lowest BCUT2D eigenvalue weighted by Crippen LogP contribution is -2.46. The Kier molecular flexibility index (Phi) is 6.84. The van der Waals surface area contributed by atoms with E-state index in [1.165, 1.54) is 19.3 Å². The summed E-state index contributed by atoms with van der Waals surface area (Å²) in [4.78, 5) is 25.2. The van der Waals surface area contributed by atoms with E-state index < -0.39 is 12.0 Å². The van der Waals surface area contributed by atoms with E-state index >= 15 is 0 Å². The van der Waals surface area contributed by atoms with Gasteiger partial charge in [-0.2, -0.15) is 0 Å². The van der Waals surface area contributed by atoms with Gasteiger partial charge in [-0.1, -0.05) is 26.7 Å². The molecule has 0 aromatic heterocycles. The largest absolute Gasteiger partial charge is 0.480 e. The zero-order valence-electron chi connectivity index (χ0n) is 12.0. The Bertz CT molecular complexity index is 301. The molecule has 0 bridgehead atoms. The smallest absolute Gasteiger partial charge is 0.326 e. The molecule has 5 nitrogen and oxygen atoms in total. The molecular weight excluding hydrogens is 244 g/mol. The molecule has 5 heteroatoms. The summed E-state index contributed by atoms with van der Waals surface area (Å²) in [5.74, 6) is -1.14. The fraction of sp³-hybridized carbons (Fsp3) is 0.857. The second kappa shape index (κ2) is 8.15. The standard InChI is InChI=1S/C14H26N2O3/c1-3-11(2)13(14(18)19)15-12(17)7-10-16-8-5-4-6-9-16/h11,13H,3-10H2,1-2H3,(H,15,17)(H,18,19)/t11-,13-/m0/s1. The summed E-state index contributed by atoms with van der Waals surface area (Å²) < 4.78 is 0. The van der Waals surface area contributed by atoms with Crippen molar-refractivity contribution in [1.82, 2.24) is 10.2 Å². The molecule has 0 aromatic rings. The molecule has 1 saturated heterocycles. The first-order chi connectivity index (χ1) is 9.04. The maximum atomic E-state index is 11.8. The highest BCUT2D eigenvalue weighted by molar-refractivity contribution is 5.83. The number of hydrogen-bond donors (Lipinski definition) is 2. The van der Waals surface area contributed by atoms with E-state index in [9.17, 15) is 9.59 Å². The predicted molar refractivity (Wildman–Crippen MR) is 73.9 cm³/mol. The number of carbonyl (C=O) groups excluding carboxylic acids is 1. The highest BCUT2D eigenvalue weighted by Gasteiger charge is 2.25. The van der Waals surface area contributed by atoms with Crippen LogP contribution in [0, 0.1) is 5.92 Å². The molecule has 1 fully saturated rings. The third-order valence-electron chi connectivity index (χ3n) is 3.90. The molecule has 1 aliphatic heterocycles. The molecule has 0 aliphatic carbocycles. The quantitative estimate of drug-likeness (QED) is 0.735. The van der Waals surface area contributed by atoms with Crippen molar-refractivity contribution >= 4 is 11.9 Å². The summed E-state index contributed by atoms with van der Waals surface area (Å²) in [5, 5.41) is 11.8. The molecule has 19 heavy (non-hydrogen) atoms. The number of nitrogens with one attached hydrogen (secondary N) is 1. The van der Waals surface area contributed by atoms with Crippen LogP contribution in [0.15, 0.2) is 0 Å². The van der Waals surface area contributed by atoms with Gasteiger partial charge in [-0.25, -0.2) is 4.79 Å². The Morgan fingerprint density at radius 1 is 1.26 bits per heavy atom. The van der Waals surface area contributed by atoms with E-state index in [-0.39, 0.29) is 11.8 Å². The molecule has 2 N–H and O–H groups in total. The van der Waals surface area contributed by atoms with Crippen molar-refractivity contribution in [1.29, 1.82) is 0 Å². The van der Waals surface area contributed by atoms with E-state index in [1.54, 1.807) is 0 Å². The molecule has 1 heterocycles. The minimum Gasteiger partial charge on any atom is -0.480 e. The molecule has 110 valence electrons. The van der Waals surface area contributed by atoms with Gasteiger partial charge < -0.3 is 15.3 Å². The van der Waals surface area contributed by atoms with Crippen LogP contribution in [0.1, 0.15) is 46.0 Å². The number of amides is 1. The zero-order chi connectivity index (χ0) is 14.3. The first-order valence-corrected chi connectivity index (χ1v) is 7.29. The van der Waals surface area contributed by atoms with Crippen LogP contribution in [0.25, 0.3) is 0 Å². The van der Waals surface area contributed by atoms with Crippen LogP contribution in [0.2, 0.25) is 0 Å². The molecular formula is C14H26N2O3. The van der Waals surface area contributed by atoms with E-state index in [0.29, 0.717) is 6.42 Å². The fourth-order valence-electron chi connectivity index (χ4n) is 2.37. The SMILES string of the molecule is CC[C@H](C)[C@H](NC(=O)CCN1CCCCC1)C(=O)O. The lowest BCUT2D eigenvalue weighted by molar-refractivity contribution is -0.143. The highest BCUT2D eigenvalue weighted by atomic mass is 16.4. The van der Waals surface area contributed by atoms with Gasteiger partial charge in [0.05, 0.1) is 0 Å². The van der Waals surface area contributed by atoms with Crippen LogP contribution in [-0.2, 0) is 9.59 Å². The number of nitrogens with zero attached hydrogens (tertiary/aromatic N) is 1. The molecule has 2 atom stereocenters. The van der Waals surface area contributed by atoms with Crippen molar-refractivity contribution in [2.24, 2.45) is 5.92 Å². The lowest BCUT2D eigenvalue weighted by atomic mass is 9.99. The Hall–Kier alpha value is -1.10. The first-order valence-electron chi connectivity index (χ1n) is 7.29. The van der Waals surface area contributed by atoms with Gasteiger partial charge in [-0.3, -0.25) is 4.79 Å². The average molecular weight is 270 g/mol. The Morgan fingerprint density at radius 3 is 2.42 bits per heavy atom. The van der Waals surface area contributed by atoms with Crippen LogP contribution in [-0.4, -0.2) is 47.6 Å². The van der Waals surface area contributed by atoms with Crippen LogP contribution < -0.4 is 5.32 Å². The molecule has 0 aromatic carbocycles. The zero-order valence-corrected chi connectivity index (χ0v) is 12.0. The molecule has 0 spiro atoms. The van der Waals surface area contributed by atoms with E-state index in [0.717, 1.165) is 26.1 Å². The summed E-state index contributed by atoms with van der Waals surface area (Å²) in [5.41, 5.74) is 0. The van der Waals surface area contributed by atoms with Gasteiger partial charge in [0, 0.05) is 13.0 Å². The van der Waals surface area contributed by atoms with Gasteiger partial charge in [0.1, 0.15) is 6.04 Å². The second-order valence-electron chi connectivity index (χ2n) is 5.42. The van der Waals surface area contributed by atoms with Gasteiger partial charge in [0.2, 0.25) is 5.91 Å². The van der Waals surface area contributed by atoms with Crippen molar-refractivity contribution < 1.29 is 14.7 Å². The molecule has 0 saturated carbocycles.